The summed E-state index contributed by atoms with van der Waals surface area (Å²) >= 11 is 2.24. The Hall–Kier alpha value is -1.68. The Morgan fingerprint density at radius 3 is 2.65 bits per heavy atom. The van der Waals surface area contributed by atoms with E-state index >= 15 is 0 Å². The van der Waals surface area contributed by atoms with Gasteiger partial charge in [0.2, 0.25) is 5.91 Å². The highest BCUT2D eigenvalue weighted by atomic mass is 32.2. The van der Waals surface area contributed by atoms with Gasteiger partial charge < -0.3 is 5.73 Å². The number of alkyl halides is 3. The van der Waals surface area contributed by atoms with Gasteiger partial charge in [0.1, 0.15) is 5.69 Å². The minimum atomic E-state index is -4.42. The number of nitrogens with zero attached hydrogens (tertiary/aromatic N) is 3. The minimum Gasteiger partial charge on any atom is -0.369 e. The summed E-state index contributed by atoms with van der Waals surface area (Å²) in [5.74, 6) is -0.422. The van der Waals surface area contributed by atoms with Crippen LogP contribution in [0.5, 0.6) is 0 Å². The molecule has 0 spiro atoms. The molecule has 2 heterocycles. The van der Waals surface area contributed by atoms with Crippen LogP contribution in [0.25, 0.3) is 10.7 Å². The molecule has 10 heteroatoms. The predicted molar refractivity (Wildman–Crippen MR) is 68.1 cm³/mol. The number of carbonyl (C=O) groups is 1. The second kappa shape index (κ2) is 5.75. The number of hydrogen-bond donors (Lipinski definition) is 1. The van der Waals surface area contributed by atoms with E-state index in [0.29, 0.717) is 15.0 Å². The Bertz CT molecular complexity index is 612. The van der Waals surface area contributed by atoms with Crippen LogP contribution in [0.1, 0.15) is 5.56 Å². The third kappa shape index (κ3) is 3.67. The van der Waals surface area contributed by atoms with Crippen molar-refractivity contribution in [2.75, 3.05) is 5.75 Å². The van der Waals surface area contributed by atoms with Crippen LogP contribution in [0, 0.1) is 0 Å². The van der Waals surface area contributed by atoms with E-state index in [2.05, 4.69) is 15.2 Å². The van der Waals surface area contributed by atoms with Crippen LogP contribution in [0.2, 0.25) is 0 Å². The highest BCUT2D eigenvalue weighted by Gasteiger charge is 2.30. The number of primary amides is 1. The minimum absolute atomic E-state index is 0.0646. The lowest BCUT2D eigenvalue weighted by Crippen LogP contribution is -2.12. The van der Waals surface area contributed by atoms with Crippen LogP contribution in [0.3, 0.4) is 0 Å². The molecule has 0 saturated heterocycles. The average molecular weight is 320 g/mol. The number of amides is 1. The summed E-state index contributed by atoms with van der Waals surface area (Å²) < 4.78 is 37.7. The summed E-state index contributed by atoms with van der Waals surface area (Å²) in [5.41, 5.74) is 4.46. The van der Waals surface area contributed by atoms with E-state index < -0.39 is 17.6 Å². The summed E-state index contributed by atoms with van der Waals surface area (Å²) in [4.78, 5) is 14.3. The molecule has 2 aromatic rings. The molecule has 1 amide bonds. The number of rotatable bonds is 4. The van der Waals surface area contributed by atoms with Gasteiger partial charge in [0, 0.05) is 6.20 Å². The van der Waals surface area contributed by atoms with Crippen molar-refractivity contribution in [3.8, 4) is 10.7 Å². The number of nitrogens with two attached hydrogens (primary N) is 1. The van der Waals surface area contributed by atoms with E-state index in [1.54, 1.807) is 0 Å². The fourth-order valence-corrected chi connectivity index (χ4v) is 2.76. The lowest BCUT2D eigenvalue weighted by atomic mass is 10.2. The van der Waals surface area contributed by atoms with Crippen molar-refractivity contribution in [2.24, 2.45) is 5.73 Å². The quantitative estimate of drug-likeness (QED) is 0.873. The predicted octanol–water partition coefficient (Wildman–Crippen LogP) is 2.20. The van der Waals surface area contributed by atoms with Gasteiger partial charge >= 0.3 is 6.18 Å². The standard InChI is InChI=1S/C10H7F3N4OS2/c11-10(12,13)5-1-2-6(15-3-5)8-16-17-9(20-8)19-4-7(14)18/h1-3H,4H2,(H2,14,18). The molecule has 0 atom stereocenters. The van der Waals surface area contributed by atoms with Gasteiger partial charge in [-0.15, -0.1) is 10.2 Å². The molecule has 2 rings (SSSR count). The van der Waals surface area contributed by atoms with Crippen molar-refractivity contribution in [1.82, 2.24) is 15.2 Å². The van der Waals surface area contributed by atoms with Gasteiger partial charge in [-0.25, -0.2) is 0 Å². The van der Waals surface area contributed by atoms with Gasteiger partial charge in [0.25, 0.3) is 0 Å². The molecule has 5 nitrogen and oxygen atoms in total. The molecule has 0 radical (unpaired) electrons. The third-order valence-corrected chi connectivity index (χ3v) is 4.16. The van der Waals surface area contributed by atoms with Crippen molar-refractivity contribution in [2.45, 2.75) is 10.5 Å². The van der Waals surface area contributed by atoms with E-state index in [1.165, 1.54) is 6.07 Å². The molecule has 0 aliphatic carbocycles. The Balaban J connectivity index is 2.14. The molecule has 106 valence electrons. The molecule has 0 bridgehead atoms. The molecular weight excluding hydrogens is 313 g/mol. The SMILES string of the molecule is NC(=O)CSc1nnc(-c2ccc(C(F)(F)F)cn2)s1. The first-order valence-electron chi connectivity index (χ1n) is 5.14. The van der Waals surface area contributed by atoms with Crippen molar-refractivity contribution >= 4 is 29.0 Å². The first-order valence-corrected chi connectivity index (χ1v) is 6.94. The van der Waals surface area contributed by atoms with E-state index in [0.717, 1.165) is 35.4 Å². The number of aromatic nitrogens is 3. The second-order valence-electron chi connectivity index (χ2n) is 3.56. The molecular formula is C10H7F3N4OS2. The second-order valence-corrected chi connectivity index (χ2v) is 5.76. The molecule has 0 fully saturated rings. The van der Waals surface area contributed by atoms with Gasteiger partial charge in [-0.05, 0) is 12.1 Å². The van der Waals surface area contributed by atoms with Crippen molar-refractivity contribution in [3.63, 3.8) is 0 Å². The number of halogens is 3. The third-order valence-electron chi connectivity index (χ3n) is 2.05. The van der Waals surface area contributed by atoms with Gasteiger partial charge in [0.15, 0.2) is 9.35 Å². The molecule has 0 aliphatic heterocycles. The van der Waals surface area contributed by atoms with Crippen LogP contribution in [0.15, 0.2) is 22.7 Å². The van der Waals surface area contributed by atoms with Crippen LogP contribution >= 0.6 is 23.1 Å². The van der Waals surface area contributed by atoms with Gasteiger partial charge in [-0.1, -0.05) is 23.1 Å². The topological polar surface area (TPSA) is 81.8 Å². The molecule has 0 unspecified atom stereocenters. The number of carbonyl (C=O) groups excluding carboxylic acids is 1. The average Bonchev–Trinajstić information content (AvgIpc) is 2.84. The van der Waals surface area contributed by atoms with Crippen molar-refractivity contribution < 1.29 is 18.0 Å². The normalized spacial score (nSPS) is 11.6. The first-order chi connectivity index (χ1) is 9.36. The van der Waals surface area contributed by atoms with Gasteiger partial charge in [-0.2, -0.15) is 13.2 Å². The first kappa shape index (κ1) is 14.7. The highest BCUT2D eigenvalue weighted by molar-refractivity contribution is 8.01. The van der Waals surface area contributed by atoms with Gasteiger partial charge in [-0.3, -0.25) is 9.78 Å². The maximum Gasteiger partial charge on any atom is 0.417 e. The maximum absolute atomic E-state index is 12.4. The van der Waals surface area contributed by atoms with Crippen molar-refractivity contribution in [1.29, 1.82) is 0 Å². The fourth-order valence-electron chi connectivity index (χ4n) is 1.19. The van der Waals surface area contributed by atoms with Crippen molar-refractivity contribution in [3.05, 3.63) is 23.9 Å². The Morgan fingerprint density at radius 1 is 1.35 bits per heavy atom. The summed E-state index contributed by atoms with van der Waals surface area (Å²) in [7, 11) is 0. The van der Waals surface area contributed by atoms with Crippen LogP contribution < -0.4 is 5.73 Å². The number of hydrogen-bond acceptors (Lipinski definition) is 6. The Morgan fingerprint density at radius 2 is 2.10 bits per heavy atom. The Kier molecular flexibility index (Phi) is 4.23. The van der Waals surface area contributed by atoms with E-state index in [1.807, 2.05) is 0 Å². The number of thioether (sulfide) groups is 1. The summed E-state index contributed by atoms with van der Waals surface area (Å²) in [6, 6.07) is 2.16. The zero-order chi connectivity index (χ0) is 14.8. The van der Waals surface area contributed by atoms with E-state index in [-0.39, 0.29) is 5.75 Å². The summed E-state index contributed by atoms with van der Waals surface area (Å²) in [5, 5.41) is 7.99. The monoisotopic (exact) mass is 320 g/mol. The molecule has 0 aromatic carbocycles. The zero-order valence-corrected chi connectivity index (χ0v) is 11.3. The van der Waals surface area contributed by atoms with Gasteiger partial charge in [0.05, 0.1) is 11.3 Å². The van der Waals surface area contributed by atoms with Crippen LogP contribution in [-0.2, 0) is 11.0 Å². The fraction of sp³-hybridized carbons (Fsp3) is 0.200. The molecule has 20 heavy (non-hydrogen) atoms. The summed E-state index contributed by atoms with van der Waals surface area (Å²) in [6.45, 7) is 0. The lowest BCUT2D eigenvalue weighted by Gasteiger charge is -2.05. The molecule has 2 aromatic heterocycles. The Labute approximate surface area is 119 Å². The largest absolute Gasteiger partial charge is 0.417 e. The zero-order valence-electron chi connectivity index (χ0n) is 9.72. The molecule has 0 saturated carbocycles. The highest BCUT2D eigenvalue weighted by Crippen LogP contribution is 2.31. The molecule has 0 aliphatic rings. The van der Waals surface area contributed by atoms with Crippen LogP contribution in [-0.4, -0.2) is 26.8 Å². The number of pyridine rings is 1. The van der Waals surface area contributed by atoms with E-state index in [9.17, 15) is 18.0 Å². The lowest BCUT2D eigenvalue weighted by molar-refractivity contribution is -0.137. The maximum atomic E-state index is 12.4. The molecule has 2 N–H and O–H groups in total. The smallest absolute Gasteiger partial charge is 0.369 e. The summed E-state index contributed by atoms with van der Waals surface area (Å²) in [6.07, 6.45) is -3.68. The van der Waals surface area contributed by atoms with E-state index in [4.69, 9.17) is 5.73 Å². The van der Waals surface area contributed by atoms with Crippen LogP contribution in [0.4, 0.5) is 13.2 Å².